The van der Waals surface area contributed by atoms with Crippen LogP contribution < -0.4 is 9.47 Å². The number of esters is 2. The first-order valence-electron chi connectivity index (χ1n) is 12.8. The molecule has 0 radical (unpaired) electrons. The quantitative estimate of drug-likeness (QED) is 0.185. The lowest BCUT2D eigenvalue weighted by Gasteiger charge is -2.19. The number of carbonyl (C=O) groups excluding carboxylic acids is 2. The zero-order chi connectivity index (χ0) is 31.0. The van der Waals surface area contributed by atoms with E-state index < -0.39 is 39.5 Å². The van der Waals surface area contributed by atoms with Gasteiger partial charge in [-0.05, 0) is 25.0 Å². The van der Waals surface area contributed by atoms with Gasteiger partial charge < -0.3 is 48.0 Å². The van der Waals surface area contributed by atoms with Gasteiger partial charge in [0.05, 0.1) is 39.8 Å². The second-order valence-electron chi connectivity index (χ2n) is 9.72. The van der Waals surface area contributed by atoms with Gasteiger partial charge in [-0.1, -0.05) is 0 Å². The van der Waals surface area contributed by atoms with Gasteiger partial charge >= 0.3 is 27.1 Å². The number of cyclic esters (lactones) is 2. The number of carbonyl (C=O) groups is 2. The van der Waals surface area contributed by atoms with E-state index in [4.69, 9.17) is 28.0 Å². The highest BCUT2D eigenvalue weighted by Gasteiger charge is 2.34. The van der Waals surface area contributed by atoms with E-state index in [2.05, 4.69) is 0 Å². The molecular weight excluding hydrogens is 598 g/mol. The molecule has 2 atom stereocenters. The topological polar surface area (TPSA) is 205 Å². The standard InChI is InChI=1S/C26H32O14P2/c1-13-17-11-37-25(29)19(17)21(27)15(23(13)35-3)5-7-39-41(31,32)9-10-42(33,34)40-8-6-16-22(28)20-18(12-38-26(20)30)14(2)24(16)36-4/h27-28H,5-12H2,1-4H3,(H,31,32)(H,33,34). The largest absolute Gasteiger partial charge is 0.507 e. The number of methoxy groups -OCH3 is 2. The Hall–Kier alpha value is -3.12. The summed E-state index contributed by atoms with van der Waals surface area (Å²) in [5.41, 5.74) is 2.55. The molecule has 0 fully saturated rings. The third-order valence-corrected chi connectivity index (χ3v) is 10.4. The minimum absolute atomic E-state index is 0.00781. The highest BCUT2D eigenvalue weighted by atomic mass is 31.2. The lowest BCUT2D eigenvalue weighted by atomic mass is 9.95. The summed E-state index contributed by atoms with van der Waals surface area (Å²) in [5.74, 6) is -1.54. The Kier molecular flexibility index (Phi) is 9.27. The molecule has 0 spiro atoms. The second kappa shape index (κ2) is 12.2. The molecule has 16 heteroatoms. The molecule has 42 heavy (non-hydrogen) atoms. The van der Waals surface area contributed by atoms with Crippen molar-refractivity contribution in [1.29, 1.82) is 0 Å². The summed E-state index contributed by atoms with van der Waals surface area (Å²) in [6.45, 7) is 2.62. The minimum Gasteiger partial charge on any atom is -0.507 e. The van der Waals surface area contributed by atoms with E-state index in [1.165, 1.54) is 14.2 Å². The fraction of sp³-hybridized carbons (Fsp3) is 0.462. The van der Waals surface area contributed by atoms with Crippen LogP contribution in [-0.2, 0) is 53.7 Å². The summed E-state index contributed by atoms with van der Waals surface area (Å²) in [6.07, 6.45) is -1.63. The summed E-state index contributed by atoms with van der Waals surface area (Å²) in [4.78, 5) is 44.6. The molecule has 230 valence electrons. The molecule has 2 aliphatic heterocycles. The number of phenolic OH excluding ortho intramolecular Hbond substituents is 2. The number of hydrogen-bond acceptors (Lipinski definition) is 12. The zero-order valence-electron chi connectivity index (χ0n) is 23.4. The van der Waals surface area contributed by atoms with Crippen LogP contribution in [-0.4, -0.2) is 71.7 Å². The Labute approximate surface area is 241 Å². The molecule has 0 amide bonds. The van der Waals surface area contributed by atoms with Gasteiger partial charge in [0.1, 0.15) is 47.3 Å². The molecular formula is C26H32O14P2. The third-order valence-electron chi connectivity index (χ3n) is 7.25. The molecule has 0 saturated carbocycles. The van der Waals surface area contributed by atoms with Crippen LogP contribution in [0, 0.1) is 13.8 Å². The molecule has 2 aromatic carbocycles. The number of benzene rings is 2. The van der Waals surface area contributed by atoms with E-state index >= 15 is 0 Å². The van der Waals surface area contributed by atoms with Gasteiger partial charge in [-0.3, -0.25) is 9.13 Å². The molecule has 0 aliphatic carbocycles. The molecule has 14 nitrogen and oxygen atoms in total. The molecule has 0 bridgehead atoms. The average molecular weight is 630 g/mol. The van der Waals surface area contributed by atoms with Crippen molar-refractivity contribution in [3.05, 3.63) is 44.5 Å². The van der Waals surface area contributed by atoms with Gasteiger partial charge in [-0.25, -0.2) is 9.59 Å². The first-order valence-corrected chi connectivity index (χ1v) is 16.3. The summed E-state index contributed by atoms with van der Waals surface area (Å²) < 4.78 is 56.1. The maximum Gasteiger partial charge on any atom is 0.342 e. The molecule has 0 saturated heterocycles. The van der Waals surface area contributed by atoms with Crippen molar-refractivity contribution in [2.75, 3.05) is 39.8 Å². The van der Waals surface area contributed by atoms with Crippen molar-refractivity contribution in [2.24, 2.45) is 0 Å². The highest BCUT2D eigenvalue weighted by Crippen LogP contribution is 2.51. The average Bonchev–Trinajstić information content (AvgIpc) is 3.52. The summed E-state index contributed by atoms with van der Waals surface area (Å²) in [5, 5.41) is 21.3. The number of rotatable bonds is 13. The Morgan fingerprint density at radius 2 is 1.07 bits per heavy atom. The zero-order valence-corrected chi connectivity index (χ0v) is 25.2. The summed E-state index contributed by atoms with van der Waals surface area (Å²) in [6, 6.07) is 0. The van der Waals surface area contributed by atoms with Crippen molar-refractivity contribution in [3.8, 4) is 23.0 Å². The molecule has 2 unspecified atom stereocenters. The van der Waals surface area contributed by atoms with Crippen LogP contribution in [0.3, 0.4) is 0 Å². The Morgan fingerprint density at radius 1 is 0.714 bits per heavy atom. The molecule has 2 heterocycles. The van der Waals surface area contributed by atoms with E-state index in [-0.39, 0.29) is 84.5 Å². The fourth-order valence-corrected chi connectivity index (χ4v) is 8.14. The Morgan fingerprint density at radius 3 is 1.40 bits per heavy atom. The van der Waals surface area contributed by atoms with Gasteiger partial charge in [0.2, 0.25) is 0 Å². The summed E-state index contributed by atoms with van der Waals surface area (Å²) >= 11 is 0. The van der Waals surface area contributed by atoms with E-state index in [1.54, 1.807) is 13.8 Å². The predicted molar refractivity (Wildman–Crippen MR) is 146 cm³/mol. The van der Waals surface area contributed by atoms with Crippen LogP contribution in [0.2, 0.25) is 0 Å². The third kappa shape index (κ3) is 6.15. The minimum atomic E-state index is -4.38. The molecule has 2 aliphatic rings. The smallest absolute Gasteiger partial charge is 0.342 e. The van der Waals surface area contributed by atoms with Crippen molar-refractivity contribution in [3.63, 3.8) is 0 Å². The van der Waals surface area contributed by atoms with E-state index in [1.807, 2.05) is 0 Å². The number of fused-ring (bicyclic) bond motifs is 2. The maximum atomic E-state index is 12.6. The monoisotopic (exact) mass is 630 g/mol. The van der Waals surface area contributed by atoms with E-state index in [0.29, 0.717) is 22.3 Å². The van der Waals surface area contributed by atoms with E-state index in [9.17, 15) is 38.7 Å². The van der Waals surface area contributed by atoms with Crippen LogP contribution >= 0.6 is 15.2 Å². The first-order chi connectivity index (χ1) is 19.7. The normalized spacial score (nSPS) is 16.7. The van der Waals surface area contributed by atoms with Gasteiger partial charge in [0, 0.05) is 35.1 Å². The van der Waals surface area contributed by atoms with Gasteiger partial charge in [0.15, 0.2) is 0 Å². The Balaban J connectivity index is 1.34. The van der Waals surface area contributed by atoms with Crippen LogP contribution in [0.5, 0.6) is 23.0 Å². The van der Waals surface area contributed by atoms with Crippen molar-refractivity contribution in [2.45, 2.75) is 39.9 Å². The lowest BCUT2D eigenvalue weighted by Crippen LogP contribution is -2.09. The molecule has 0 aromatic heterocycles. The van der Waals surface area contributed by atoms with Crippen molar-refractivity contribution < 1.29 is 66.7 Å². The van der Waals surface area contributed by atoms with Crippen LogP contribution in [0.1, 0.15) is 54.1 Å². The SMILES string of the molecule is COc1c(C)c2c(c(O)c1CCOP(=O)(O)CCP(=O)(O)OCCc1c(O)c3c(c(C)c1OC)COC3=O)C(=O)OC2. The van der Waals surface area contributed by atoms with Gasteiger partial charge in [0.25, 0.3) is 0 Å². The van der Waals surface area contributed by atoms with Gasteiger partial charge in [-0.2, -0.15) is 0 Å². The predicted octanol–water partition coefficient (Wildman–Crippen LogP) is 3.26. The second-order valence-corrected chi connectivity index (χ2v) is 13.7. The first kappa shape index (κ1) is 31.8. The van der Waals surface area contributed by atoms with Crippen LogP contribution in [0.25, 0.3) is 0 Å². The fourth-order valence-electron chi connectivity index (χ4n) is 5.10. The molecule has 4 rings (SSSR count). The number of aromatic hydroxyl groups is 2. The molecule has 2 aromatic rings. The highest BCUT2D eigenvalue weighted by molar-refractivity contribution is 7.57. The lowest BCUT2D eigenvalue weighted by molar-refractivity contribution is 0.0523. The number of hydrogen-bond donors (Lipinski definition) is 4. The van der Waals surface area contributed by atoms with Crippen molar-refractivity contribution in [1.82, 2.24) is 0 Å². The maximum absolute atomic E-state index is 12.6. The van der Waals surface area contributed by atoms with Gasteiger partial charge in [-0.15, -0.1) is 0 Å². The number of phenols is 2. The summed E-state index contributed by atoms with van der Waals surface area (Å²) in [7, 11) is -6.00. The van der Waals surface area contributed by atoms with Crippen molar-refractivity contribution >= 4 is 27.1 Å². The van der Waals surface area contributed by atoms with E-state index in [0.717, 1.165) is 0 Å². The number of ether oxygens (including phenoxy) is 4. The molecule has 4 N–H and O–H groups in total. The van der Waals surface area contributed by atoms with Crippen LogP contribution in [0.4, 0.5) is 0 Å². The Bertz CT molecular complexity index is 1420. The van der Waals surface area contributed by atoms with Crippen LogP contribution in [0.15, 0.2) is 0 Å².